The van der Waals surface area contributed by atoms with Gasteiger partial charge in [-0.05, 0) is 12.8 Å². The summed E-state index contributed by atoms with van der Waals surface area (Å²) in [5, 5.41) is 6.44. The van der Waals surface area contributed by atoms with Gasteiger partial charge in [0.2, 0.25) is 0 Å². The quantitative estimate of drug-likeness (QED) is 0.775. The molecule has 0 spiro atoms. The van der Waals surface area contributed by atoms with Crippen LogP contribution in [0.2, 0.25) is 0 Å². The zero-order chi connectivity index (χ0) is 11.5. The molecule has 0 bridgehead atoms. The van der Waals surface area contributed by atoms with Crippen LogP contribution in [0.3, 0.4) is 0 Å². The number of likely N-dealkylation sites (N-methyl/N-ethyl adjacent to an activating group) is 1. The van der Waals surface area contributed by atoms with Gasteiger partial charge < -0.3 is 10.6 Å². The molecular formula is C11H18N4O. The summed E-state index contributed by atoms with van der Waals surface area (Å²) in [5.74, 6) is -0.00361. The Morgan fingerprint density at radius 3 is 2.94 bits per heavy atom. The van der Waals surface area contributed by atoms with Crippen molar-refractivity contribution in [3.05, 3.63) is 18.0 Å². The van der Waals surface area contributed by atoms with Crippen LogP contribution in [-0.2, 0) is 0 Å². The van der Waals surface area contributed by atoms with Crippen molar-refractivity contribution >= 4 is 5.91 Å². The van der Waals surface area contributed by atoms with Crippen LogP contribution in [0.1, 0.15) is 36.0 Å². The van der Waals surface area contributed by atoms with Crippen molar-refractivity contribution in [2.75, 3.05) is 7.05 Å². The summed E-state index contributed by atoms with van der Waals surface area (Å²) >= 11 is 0. The minimum atomic E-state index is -0.00361. The van der Waals surface area contributed by atoms with Gasteiger partial charge in [-0.3, -0.25) is 9.89 Å². The molecule has 5 heteroatoms. The number of nitrogens with zero attached hydrogens (tertiary/aromatic N) is 2. The number of amides is 1. The fraction of sp³-hybridized carbons (Fsp3) is 0.636. The number of H-pyrrole nitrogens is 1. The van der Waals surface area contributed by atoms with E-state index in [1.165, 1.54) is 6.42 Å². The van der Waals surface area contributed by atoms with E-state index in [1.54, 1.807) is 17.3 Å². The molecule has 0 aliphatic heterocycles. The van der Waals surface area contributed by atoms with Crippen molar-refractivity contribution in [3.8, 4) is 0 Å². The van der Waals surface area contributed by atoms with Crippen molar-refractivity contribution in [1.82, 2.24) is 15.1 Å². The SMILES string of the molecule is CN(C(=O)c1cn[nH]c1)C1CCCCC1N. The molecule has 5 nitrogen and oxygen atoms in total. The molecule has 2 atom stereocenters. The normalized spacial score (nSPS) is 25.4. The number of carbonyl (C=O) groups excluding carboxylic acids is 1. The summed E-state index contributed by atoms with van der Waals surface area (Å²) < 4.78 is 0. The Labute approximate surface area is 95.0 Å². The molecule has 2 unspecified atom stereocenters. The van der Waals surface area contributed by atoms with E-state index < -0.39 is 0 Å². The molecular weight excluding hydrogens is 204 g/mol. The van der Waals surface area contributed by atoms with Crippen molar-refractivity contribution in [1.29, 1.82) is 0 Å². The van der Waals surface area contributed by atoms with Crippen molar-refractivity contribution in [3.63, 3.8) is 0 Å². The summed E-state index contributed by atoms with van der Waals surface area (Å²) in [7, 11) is 1.82. The third-order valence-electron chi connectivity index (χ3n) is 3.34. The van der Waals surface area contributed by atoms with E-state index in [9.17, 15) is 4.79 Å². The molecule has 1 aromatic rings. The molecule has 1 aliphatic rings. The Hall–Kier alpha value is -1.36. The van der Waals surface area contributed by atoms with Gasteiger partial charge in [-0.25, -0.2) is 0 Å². The second kappa shape index (κ2) is 4.65. The first-order valence-electron chi connectivity index (χ1n) is 5.71. The van der Waals surface area contributed by atoms with Gasteiger partial charge in [0.1, 0.15) is 0 Å². The highest BCUT2D eigenvalue weighted by Crippen LogP contribution is 2.22. The molecule has 1 heterocycles. The fourth-order valence-corrected chi connectivity index (χ4v) is 2.34. The van der Waals surface area contributed by atoms with Crippen molar-refractivity contribution in [2.24, 2.45) is 5.73 Å². The molecule has 1 fully saturated rings. The predicted molar refractivity (Wildman–Crippen MR) is 60.9 cm³/mol. The van der Waals surface area contributed by atoms with Crippen LogP contribution in [0.4, 0.5) is 0 Å². The number of hydrogen-bond acceptors (Lipinski definition) is 3. The van der Waals surface area contributed by atoms with E-state index >= 15 is 0 Å². The average molecular weight is 222 g/mol. The Bertz CT molecular complexity index is 349. The summed E-state index contributed by atoms with van der Waals surface area (Å²) in [6.07, 6.45) is 7.50. The fourth-order valence-electron chi connectivity index (χ4n) is 2.34. The van der Waals surface area contributed by atoms with Gasteiger partial charge in [-0.2, -0.15) is 5.10 Å². The van der Waals surface area contributed by atoms with Gasteiger partial charge in [-0.15, -0.1) is 0 Å². The molecule has 3 N–H and O–H groups in total. The van der Waals surface area contributed by atoms with Gasteiger partial charge in [0.15, 0.2) is 0 Å². The second-order valence-corrected chi connectivity index (χ2v) is 4.42. The van der Waals surface area contributed by atoms with Gasteiger partial charge in [0.05, 0.1) is 11.8 Å². The molecule has 0 aromatic carbocycles. The number of aromatic nitrogens is 2. The van der Waals surface area contributed by atoms with Crippen LogP contribution < -0.4 is 5.73 Å². The van der Waals surface area contributed by atoms with Gasteiger partial charge >= 0.3 is 0 Å². The summed E-state index contributed by atoms with van der Waals surface area (Å²) in [5.41, 5.74) is 6.65. The van der Waals surface area contributed by atoms with Gasteiger partial charge in [0.25, 0.3) is 5.91 Å². The van der Waals surface area contributed by atoms with Gasteiger partial charge in [0, 0.05) is 25.3 Å². The maximum absolute atomic E-state index is 12.1. The second-order valence-electron chi connectivity index (χ2n) is 4.42. The summed E-state index contributed by atoms with van der Waals surface area (Å²) in [4.78, 5) is 13.8. The predicted octanol–water partition coefficient (Wildman–Crippen LogP) is 0.752. The van der Waals surface area contributed by atoms with Crippen LogP contribution in [0.25, 0.3) is 0 Å². The highest BCUT2D eigenvalue weighted by atomic mass is 16.2. The van der Waals surface area contributed by atoms with E-state index in [0.29, 0.717) is 5.56 Å². The number of hydrogen-bond donors (Lipinski definition) is 2. The molecule has 0 saturated heterocycles. The maximum Gasteiger partial charge on any atom is 0.257 e. The largest absolute Gasteiger partial charge is 0.337 e. The first-order chi connectivity index (χ1) is 7.70. The standard InChI is InChI=1S/C11H18N4O/c1-15(10-5-3-2-4-9(10)12)11(16)8-6-13-14-7-8/h6-7,9-10H,2-5,12H2,1H3,(H,13,14). The lowest BCUT2D eigenvalue weighted by Gasteiger charge is -2.35. The topological polar surface area (TPSA) is 75.0 Å². The summed E-state index contributed by atoms with van der Waals surface area (Å²) in [6, 6.07) is 0.269. The minimum absolute atomic E-state index is 0.00361. The van der Waals surface area contributed by atoms with Crippen LogP contribution in [-0.4, -0.2) is 40.1 Å². The smallest absolute Gasteiger partial charge is 0.257 e. The Kier molecular flexibility index (Phi) is 3.24. The lowest BCUT2D eigenvalue weighted by atomic mass is 9.90. The average Bonchev–Trinajstić information content (AvgIpc) is 2.81. The highest BCUT2D eigenvalue weighted by Gasteiger charge is 2.28. The third-order valence-corrected chi connectivity index (χ3v) is 3.34. The lowest BCUT2D eigenvalue weighted by Crippen LogP contribution is -2.50. The Morgan fingerprint density at radius 2 is 2.31 bits per heavy atom. The van der Waals surface area contributed by atoms with Crippen molar-refractivity contribution in [2.45, 2.75) is 37.8 Å². The molecule has 2 rings (SSSR count). The number of aromatic amines is 1. The molecule has 1 aromatic heterocycles. The van der Waals surface area contributed by atoms with E-state index in [-0.39, 0.29) is 18.0 Å². The maximum atomic E-state index is 12.1. The highest BCUT2D eigenvalue weighted by molar-refractivity contribution is 5.93. The van der Waals surface area contributed by atoms with Gasteiger partial charge in [-0.1, -0.05) is 12.8 Å². The zero-order valence-electron chi connectivity index (χ0n) is 9.52. The number of nitrogens with one attached hydrogen (secondary N) is 1. The number of carbonyl (C=O) groups is 1. The molecule has 16 heavy (non-hydrogen) atoms. The zero-order valence-corrected chi connectivity index (χ0v) is 9.52. The van der Waals surface area contributed by atoms with E-state index in [4.69, 9.17) is 5.73 Å². The molecule has 88 valence electrons. The minimum Gasteiger partial charge on any atom is -0.337 e. The first kappa shape index (κ1) is 11.1. The molecule has 1 amide bonds. The summed E-state index contributed by atoms with van der Waals surface area (Å²) in [6.45, 7) is 0. The molecule has 1 saturated carbocycles. The van der Waals surface area contributed by atoms with Crippen LogP contribution in [0.5, 0.6) is 0 Å². The Balaban J connectivity index is 2.06. The van der Waals surface area contributed by atoms with E-state index in [1.807, 2.05) is 7.05 Å². The number of rotatable bonds is 2. The van der Waals surface area contributed by atoms with Crippen molar-refractivity contribution < 1.29 is 4.79 Å². The molecule has 1 aliphatic carbocycles. The monoisotopic (exact) mass is 222 g/mol. The van der Waals surface area contributed by atoms with Crippen LogP contribution >= 0.6 is 0 Å². The van der Waals surface area contributed by atoms with E-state index in [0.717, 1.165) is 19.3 Å². The Morgan fingerprint density at radius 1 is 1.56 bits per heavy atom. The van der Waals surface area contributed by atoms with Crippen LogP contribution in [0, 0.1) is 0 Å². The lowest BCUT2D eigenvalue weighted by molar-refractivity contribution is 0.0672. The molecule has 0 radical (unpaired) electrons. The first-order valence-corrected chi connectivity index (χ1v) is 5.71. The van der Waals surface area contributed by atoms with Crippen LogP contribution in [0.15, 0.2) is 12.4 Å². The number of nitrogens with two attached hydrogens (primary N) is 1. The van der Waals surface area contributed by atoms with E-state index in [2.05, 4.69) is 10.2 Å². The third kappa shape index (κ3) is 2.09.